The Morgan fingerprint density at radius 3 is 2.02 bits per heavy atom. The van der Waals surface area contributed by atoms with Crippen molar-refractivity contribution in [1.29, 1.82) is 0 Å². The number of para-hydroxylation sites is 4. The number of hydrogen-bond donors (Lipinski definition) is 0. The van der Waals surface area contributed by atoms with Crippen LogP contribution in [-0.4, -0.2) is 19.1 Å². The molecule has 0 unspecified atom stereocenters. The number of rotatable bonds is 3. The molecule has 9 aromatic rings. The summed E-state index contributed by atoms with van der Waals surface area (Å²) in [5.74, 6) is 0.682. The van der Waals surface area contributed by atoms with Crippen molar-refractivity contribution in [2.75, 3.05) is 0 Å². The lowest BCUT2D eigenvalue weighted by Gasteiger charge is -2.13. The first-order chi connectivity index (χ1) is 23.1. The fourth-order valence-electron chi connectivity index (χ4n) is 7.81. The van der Waals surface area contributed by atoms with Crippen LogP contribution in [-0.2, 0) is 0 Å². The molecule has 0 saturated carbocycles. The van der Waals surface area contributed by atoms with Crippen LogP contribution in [0.3, 0.4) is 0 Å². The Hall–Kier alpha value is -6.00. The Balaban J connectivity index is 1.36. The SMILES string of the molecule is CC1(C)C=c2nc(-n3c4ccccc4c4c5ccccc5ccc43)nc(-c3cccc4c5ccccc5n(-c5ccccc5)c34)c2=C1. The molecule has 3 aromatic heterocycles. The quantitative estimate of drug-likeness (QED) is 0.202. The molecular weight excluding hydrogens is 573 g/mol. The van der Waals surface area contributed by atoms with Crippen LogP contribution in [0.15, 0.2) is 133 Å². The molecule has 0 aliphatic heterocycles. The summed E-state index contributed by atoms with van der Waals surface area (Å²) in [7, 11) is 0. The molecule has 0 N–H and O–H groups in total. The van der Waals surface area contributed by atoms with Crippen molar-refractivity contribution in [3.8, 4) is 22.9 Å². The van der Waals surface area contributed by atoms with Gasteiger partial charge in [-0.15, -0.1) is 0 Å². The van der Waals surface area contributed by atoms with Gasteiger partial charge in [-0.25, -0.2) is 9.97 Å². The zero-order valence-corrected chi connectivity index (χ0v) is 26.1. The molecule has 47 heavy (non-hydrogen) atoms. The van der Waals surface area contributed by atoms with Crippen molar-refractivity contribution in [3.63, 3.8) is 0 Å². The zero-order chi connectivity index (χ0) is 31.3. The maximum Gasteiger partial charge on any atom is 0.235 e. The Morgan fingerprint density at radius 1 is 0.511 bits per heavy atom. The first-order valence-electron chi connectivity index (χ1n) is 16.2. The average molecular weight is 603 g/mol. The lowest BCUT2D eigenvalue weighted by atomic mass is 9.95. The van der Waals surface area contributed by atoms with Gasteiger partial charge in [0.2, 0.25) is 5.95 Å². The van der Waals surface area contributed by atoms with Gasteiger partial charge < -0.3 is 4.57 Å². The molecule has 6 aromatic carbocycles. The second kappa shape index (κ2) is 9.51. The molecule has 1 aliphatic rings. The number of benzene rings is 6. The Kier molecular flexibility index (Phi) is 5.31. The summed E-state index contributed by atoms with van der Waals surface area (Å²) < 4.78 is 4.65. The van der Waals surface area contributed by atoms with E-state index in [2.05, 4.69) is 169 Å². The first kappa shape index (κ1) is 26.2. The normalized spacial score (nSPS) is 13.8. The smallest absolute Gasteiger partial charge is 0.235 e. The molecule has 10 rings (SSSR count). The van der Waals surface area contributed by atoms with E-state index in [4.69, 9.17) is 9.97 Å². The lowest BCUT2D eigenvalue weighted by molar-refractivity contribution is 0.723. The lowest BCUT2D eigenvalue weighted by Crippen LogP contribution is -2.31. The van der Waals surface area contributed by atoms with Gasteiger partial charge in [0, 0.05) is 43.4 Å². The van der Waals surface area contributed by atoms with Gasteiger partial charge in [-0.2, -0.15) is 0 Å². The number of nitrogens with zero attached hydrogens (tertiary/aromatic N) is 4. The highest BCUT2D eigenvalue weighted by molar-refractivity contribution is 6.21. The van der Waals surface area contributed by atoms with E-state index in [1.165, 1.54) is 37.8 Å². The number of aromatic nitrogens is 4. The van der Waals surface area contributed by atoms with E-state index < -0.39 is 0 Å². The summed E-state index contributed by atoms with van der Waals surface area (Å²) in [4.78, 5) is 10.9. The van der Waals surface area contributed by atoms with Crippen molar-refractivity contribution >= 4 is 66.5 Å². The average Bonchev–Trinajstić information content (AvgIpc) is 3.74. The zero-order valence-electron chi connectivity index (χ0n) is 26.1. The van der Waals surface area contributed by atoms with E-state index in [1.807, 2.05) is 0 Å². The highest BCUT2D eigenvalue weighted by atomic mass is 15.2. The van der Waals surface area contributed by atoms with Crippen LogP contribution in [0.25, 0.3) is 89.4 Å². The van der Waals surface area contributed by atoms with Crippen LogP contribution in [0.4, 0.5) is 0 Å². The van der Waals surface area contributed by atoms with Crippen molar-refractivity contribution in [2.45, 2.75) is 13.8 Å². The Labute approximate surface area is 271 Å². The summed E-state index contributed by atoms with van der Waals surface area (Å²) in [5.41, 5.74) is 7.55. The minimum atomic E-state index is -0.151. The molecular formula is C43H30N4. The van der Waals surface area contributed by atoms with E-state index >= 15 is 0 Å². The number of hydrogen-bond acceptors (Lipinski definition) is 2. The predicted octanol–water partition coefficient (Wildman–Crippen LogP) is 9.09. The minimum absolute atomic E-state index is 0.151. The van der Waals surface area contributed by atoms with Crippen LogP contribution < -0.4 is 10.6 Å². The molecule has 0 spiro atoms. The third-order valence-electron chi connectivity index (χ3n) is 9.71. The van der Waals surface area contributed by atoms with Gasteiger partial charge in [0.25, 0.3) is 0 Å². The predicted molar refractivity (Wildman–Crippen MR) is 196 cm³/mol. The summed E-state index contributed by atoms with van der Waals surface area (Å²) in [6.45, 7) is 4.48. The van der Waals surface area contributed by atoms with Gasteiger partial charge in [0.15, 0.2) is 0 Å². The van der Waals surface area contributed by atoms with Gasteiger partial charge in [0.05, 0.1) is 33.1 Å². The summed E-state index contributed by atoms with van der Waals surface area (Å²) in [5, 5.41) is 9.38. The topological polar surface area (TPSA) is 35.6 Å². The Bertz CT molecular complexity index is 2870. The molecule has 0 radical (unpaired) electrons. The van der Waals surface area contributed by atoms with Crippen molar-refractivity contribution in [1.82, 2.24) is 19.1 Å². The van der Waals surface area contributed by atoms with Gasteiger partial charge in [0.1, 0.15) is 0 Å². The summed E-state index contributed by atoms with van der Waals surface area (Å²) in [6.07, 6.45) is 4.61. The van der Waals surface area contributed by atoms with Crippen molar-refractivity contribution < 1.29 is 0 Å². The summed E-state index contributed by atoms with van der Waals surface area (Å²) in [6, 6.07) is 47.7. The molecule has 0 atom stereocenters. The van der Waals surface area contributed by atoms with E-state index in [-0.39, 0.29) is 5.41 Å². The summed E-state index contributed by atoms with van der Waals surface area (Å²) >= 11 is 0. The van der Waals surface area contributed by atoms with Crippen molar-refractivity contribution in [3.05, 3.63) is 144 Å². The fourth-order valence-corrected chi connectivity index (χ4v) is 7.81. The monoisotopic (exact) mass is 602 g/mol. The maximum atomic E-state index is 5.55. The fraction of sp³-hybridized carbons (Fsp3) is 0.0698. The van der Waals surface area contributed by atoms with Crippen molar-refractivity contribution in [2.24, 2.45) is 5.41 Å². The Morgan fingerprint density at radius 2 is 1.19 bits per heavy atom. The molecule has 3 heterocycles. The van der Waals surface area contributed by atoms with Gasteiger partial charge in [-0.1, -0.05) is 123 Å². The maximum absolute atomic E-state index is 5.55. The molecule has 0 amide bonds. The van der Waals surface area contributed by atoms with E-state index in [1.54, 1.807) is 0 Å². The van der Waals surface area contributed by atoms with Crippen LogP contribution in [0.1, 0.15) is 13.8 Å². The molecule has 0 bridgehead atoms. The third kappa shape index (κ3) is 3.76. The highest BCUT2D eigenvalue weighted by Crippen LogP contribution is 2.39. The molecule has 0 saturated heterocycles. The molecule has 4 heteroatoms. The first-order valence-corrected chi connectivity index (χ1v) is 16.2. The second-order valence-electron chi connectivity index (χ2n) is 13.2. The van der Waals surface area contributed by atoms with E-state index in [0.717, 1.165) is 44.1 Å². The largest absolute Gasteiger partial charge is 0.309 e. The molecule has 4 nitrogen and oxygen atoms in total. The van der Waals surface area contributed by atoms with Gasteiger partial charge in [-0.3, -0.25) is 4.57 Å². The van der Waals surface area contributed by atoms with Crippen LogP contribution in [0.5, 0.6) is 0 Å². The van der Waals surface area contributed by atoms with Crippen LogP contribution in [0.2, 0.25) is 0 Å². The number of fused-ring (bicyclic) bond motifs is 9. The van der Waals surface area contributed by atoms with E-state index in [9.17, 15) is 0 Å². The second-order valence-corrected chi connectivity index (χ2v) is 13.2. The highest BCUT2D eigenvalue weighted by Gasteiger charge is 2.25. The molecule has 1 aliphatic carbocycles. The van der Waals surface area contributed by atoms with Gasteiger partial charge in [-0.05, 0) is 47.2 Å². The minimum Gasteiger partial charge on any atom is -0.309 e. The van der Waals surface area contributed by atoms with Gasteiger partial charge >= 0.3 is 0 Å². The standard InChI is InChI=1S/C43H30N4/c1-43(2)25-34-35(26-43)44-42(47-37-22-11-9-18-32(37)39-29-16-7-6-13-27(29)23-24-38(39)47)45-40(34)33-20-12-19-31-30-17-8-10-21-36(30)46(41(31)33)28-14-4-3-5-15-28/h3-26H,1-2H3. The molecule has 222 valence electrons. The van der Waals surface area contributed by atoms with Crippen LogP contribution in [0, 0.1) is 5.41 Å². The van der Waals surface area contributed by atoms with Crippen LogP contribution >= 0.6 is 0 Å². The third-order valence-corrected chi connectivity index (χ3v) is 9.71. The van der Waals surface area contributed by atoms with E-state index in [0.29, 0.717) is 5.95 Å². The molecule has 0 fully saturated rings.